The van der Waals surface area contributed by atoms with E-state index in [-0.39, 0.29) is 0 Å². The average molecular weight is 196 g/mol. The van der Waals surface area contributed by atoms with E-state index in [9.17, 15) is 0 Å². The zero-order valence-electron chi connectivity index (χ0n) is 7.76. The van der Waals surface area contributed by atoms with Crippen molar-refractivity contribution in [2.75, 3.05) is 17.7 Å². The molecule has 0 spiro atoms. The minimum absolute atomic E-state index is 0.579. The van der Waals surface area contributed by atoms with E-state index < -0.39 is 0 Å². The summed E-state index contributed by atoms with van der Waals surface area (Å²) in [4.78, 5) is 0. The first-order valence-electron chi connectivity index (χ1n) is 4.34. The van der Waals surface area contributed by atoms with Crippen molar-refractivity contribution in [1.82, 2.24) is 0 Å². The maximum Gasteiger partial charge on any atom is 0.0404 e. The highest BCUT2D eigenvalue weighted by atomic mass is 35.5. The molecule has 0 saturated heterocycles. The van der Waals surface area contributed by atoms with Crippen molar-refractivity contribution < 1.29 is 0 Å². The molecular formula is C11H14ClN. The number of benzene rings is 1. The summed E-state index contributed by atoms with van der Waals surface area (Å²) < 4.78 is 0. The molecule has 1 rings (SSSR count). The number of alkyl halides is 1. The molecule has 1 aromatic rings. The van der Waals surface area contributed by atoms with Gasteiger partial charge in [-0.3, -0.25) is 0 Å². The SMILES string of the molecule is Cc1cccc(NC/C=C/CCl)c1. The van der Waals surface area contributed by atoms with Gasteiger partial charge in [0.25, 0.3) is 0 Å². The highest BCUT2D eigenvalue weighted by molar-refractivity contribution is 6.18. The molecule has 0 atom stereocenters. The summed E-state index contributed by atoms with van der Waals surface area (Å²) in [5.41, 5.74) is 2.42. The van der Waals surface area contributed by atoms with Gasteiger partial charge in [-0.05, 0) is 24.6 Å². The predicted octanol–water partition coefficient (Wildman–Crippen LogP) is 3.20. The molecule has 0 bridgehead atoms. The van der Waals surface area contributed by atoms with Crippen molar-refractivity contribution in [2.24, 2.45) is 0 Å². The molecule has 0 aromatic heterocycles. The van der Waals surface area contributed by atoms with Crippen LogP contribution in [0.25, 0.3) is 0 Å². The second kappa shape index (κ2) is 5.65. The minimum Gasteiger partial charge on any atom is -0.382 e. The number of hydrogen-bond acceptors (Lipinski definition) is 1. The molecule has 1 nitrogen and oxygen atoms in total. The molecule has 1 aromatic carbocycles. The number of rotatable bonds is 4. The van der Waals surface area contributed by atoms with Crippen LogP contribution in [0, 0.1) is 6.92 Å². The summed E-state index contributed by atoms with van der Waals surface area (Å²) >= 11 is 5.49. The Labute approximate surface area is 84.4 Å². The molecule has 0 unspecified atom stereocenters. The van der Waals surface area contributed by atoms with E-state index in [0.29, 0.717) is 5.88 Å². The van der Waals surface area contributed by atoms with Gasteiger partial charge in [0.2, 0.25) is 0 Å². The van der Waals surface area contributed by atoms with Crippen LogP contribution in [0.1, 0.15) is 5.56 Å². The lowest BCUT2D eigenvalue weighted by Gasteiger charge is -2.03. The molecule has 0 amide bonds. The second-order valence-corrected chi connectivity index (χ2v) is 3.18. The van der Waals surface area contributed by atoms with Crippen LogP contribution < -0.4 is 5.32 Å². The molecule has 0 saturated carbocycles. The average Bonchev–Trinajstić information content (AvgIpc) is 2.13. The molecule has 70 valence electrons. The van der Waals surface area contributed by atoms with E-state index in [0.717, 1.165) is 12.2 Å². The molecule has 0 aliphatic rings. The van der Waals surface area contributed by atoms with Crippen LogP contribution in [0.15, 0.2) is 36.4 Å². The Kier molecular flexibility index (Phi) is 4.41. The van der Waals surface area contributed by atoms with Gasteiger partial charge >= 0.3 is 0 Å². The van der Waals surface area contributed by atoms with E-state index >= 15 is 0 Å². The van der Waals surface area contributed by atoms with Crippen LogP contribution in [0.3, 0.4) is 0 Å². The Balaban J connectivity index is 2.41. The topological polar surface area (TPSA) is 12.0 Å². The number of halogens is 1. The van der Waals surface area contributed by atoms with Crippen LogP contribution in [0.5, 0.6) is 0 Å². The molecule has 0 radical (unpaired) electrons. The zero-order valence-corrected chi connectivity index (χ0v) is 8.51. The summed E-state index contributed by atoms with van der Waals surface area (Å²) in [6.07, 6.45) is 3.96. The second-order valence-electron chi connectivity index (χ2n) is 2.88. The normalized spacial score (nSPS) is 10.6. The van der Waals surface area contributed by atoms with Gasteiger partial charge in [-0.15, -0.1) is 11.6 Å². The Bertz CT molecular complexity index is 281. The molecule has 0 aliphatic carbocycles. The van der Waals surface area contributed by atoms with Crippen molar-refractivity contribution in [2.45, 2.75) is 6.92 Å². The van der Waals surface area contributed by atoms with Gasteiger partial charge in [0.1, 0.15) is 0 Å². The number of anilines is 1. The van der Waals surface area contributed by atoms with Gasteiger partial charge in [0, 0.05) is 18.1 Å². The Morgan fingerprint density at radius 2 is 2.23 bits per heavy atom. The molecule has 2 heteroatoms. The minimum atomic E-state index is 0.579. The molecular weight excluding hydrogens is 182 g/mol. The summed E-state index contributed by atoms with van der Waals surface area (Å²) in [6.45, 7) is 2.91. The fourth-order valence-corrected chi connectivity index (χ4v) is 1.20. The van der Waals surface area contributed by atoms with Gasteiger partial charge in [0.15, 0.2) is 0 Å². The summed E-state index contributed by atoms with van der Waals surface area (Å²) in [7, 11) is 0. The lowest BCUT2D eigenvalue weighted by molar-refractivity contribution is 1.31. The Morgan fingerprint density at radius 3 is 2.92 bits per heavy atom. The third-order valence-corrected chi connectivity index (χ3v) is 1.88. The van der Waals surface area contributed by atoms with E-state index in [4.69, 9.17) is 11.6 Å². The lowest BCUT2D eigenvalue weighted by Crippen LogP contribution is -1.97. The third kappa shape index (κ3) is 4.00. The quantitative estimate of drug-likeness (QED) is 0.575. The third-order valence-electron chi connectivity index (χ3n) is 1.70. The van der Waals surface area contributed by atoms with Gasteiger partial charge in [-0.2, -0.15) is 0 Å². The van der Waals surface area contributed by atoms with Crippen molar-refractivity contribution in [3.05, 3.63) is 42.0 Å². The standard InChI is InChI=1S/C11H14ClN/c1-10-5-4-6-11(9-10)13-8-3-2-7-12/h2-6,9,13H,7-8H2,1H3/b3-2+. The van der Waals surface area contributed by atoms with E-state index in [2.05, 4.69) is 30.4 Å². The zero-order chi connectivity index (χ0) is 9.52. The highest BCUT2D eigenvalue weighted by Gasteiger charge is 1.88. The van der Waals surface area contributed by atoms with E-state index in [1.807, 2.05) is 18.2 Å². The fourth-order valence-electron chi connectivity index (χ4n) is 1.08. The number of hydrogen-bond donors (Lipinski definition) is 1. The smallest absolute Gasteiger partial charge is 0.0404 e. The summed E-state index contributed by atoms with van der Waals surface area (Å²) in [5.74, 6) is 0.579. The molecule has 0 fully saturated rings. The number of allylic oxidation sites excluding steroid dienone is 1. The van der Waals surface area contributed by atoms with Crippen molar-refractivity contribution in [3.63, 3.8) is 0 Å². The summed E-state index contributed by atoms with van der Waals surface area (Å²) in [6, 6.07) is 8.30. The molecule has 1 N–H and O–H groups in total. The van der Waals surface area contributed by atoms with Gasteiger partial charge in [-0.25, -0.2) is 0 Å². The first-order chi connectivity index (χ1) is 6.33. The number of nitrogens with one attached hydrogen (secondary N) is 1. The van der Waals surface area contributed by atoms with Gasteiger partial charge in [0.05, 0.1) is 0 Å². The number of aryl methyl sites for hydroxylation is 1. The van der Waals surface area contributed by atoms with Gasteiger partial charge in [-0.1, -0.05) is 24.3 Å². The highest BCUT2D eigenvalue weighted by Crippen LogP contribution is 2.08. The van der Waals surface area contributed by atoms with Crippen LogP contribution in [-0.4, -0.2) is 12.4 Å². The molecule has 0 aliphatic heterocycles. The maximum absolute atomic E-state index is 5.49. The van der Waals surface area contributed by atoms with Gasteiger partial charge < -0.3 is 5.32 Å². The fraction of sp³-hybridized carbons (Fsp3) is 0.273. The van der Waals surface area contributed by atoms with Crippen molar-refractivity contribution in [1.29, 1.82) is 0 Å². The van der Waals surface area contributed by atoms with Crippen LogP contribution in [0.4, 0.5) is 5.69 Å². The largest absolute Gasteiger partial charge is 0.382 e. The maximum atomic E-state index is 5.49. The molecule has 13 heavy (non-hydrogen) atoms. The molecule has 0 heterocycles. The van der Waals surface area contributed by atoms with E-state index in [1.54, 1.807) is 0 Å². The first-order valence-corrected chi connectivity index (χ1v) is 4.88. The summed E-state index contributed by atoms with van der Waals surface area (Å²) in [5, 5.41) is 3.27. The van der Waals surface area contributed by atoms with E-state index in [1.165, 1.54) is 5.56 Å². The van der Waals surface area contributed by atoms with Crippen LogP contribution in [-0.2, 0) is 0 Å². The monoisotopic (exact) mass is 195 g/mol. The van der Waals surface area contributed by atoms with Crippen molar-refractivity contribution in [3.8, 4) is 0 Å². The van der Waals surface area contributed by atoms with Crippen molar-refractivity contribution >= 4 is 17.3 Å². The van der Waals surface area contributed by atoms with Crippen LogP contribution >= 0.6 is 11.6 Å². The Morgan fingerprint density at radius 1 is 1.38 bits per heavy atom. The van der Waals surface area contributed by atoms with Crippen LogP contribution in [0.2, 0.25) is 0 Å². The lowest BCUT2D eigenvalue weighted by atomic mass is 10.2. The predicted molar refractivity (Wildman–Crippen MR) is 59.5 cm³/mol. The Hall–Kier alpha value is -0.950. The first kappa shape index (κ1) is 10.1.